The lowest BCUT2D eigenvalue weighted by molar-refractivity contribution is -0.167. The Balaban J connectivity index is 4.12. The normalized spacial score (nSPS) is 12.9. The van der Waals surface area contributed by atoms with Crippen molar-refractivity contribution in [3.05, 3.63) is 109 Å². The van der Waals surface area contributed by atoms with E-state index >= 15 is 0 Å². The number of hydrogen-bond donors (Lipinski definition) is 0. The van der Waals surface area contributed by atoms with Gasteiger partial charge in [0, 0.05) is 19.3 Å². The molecule has 0 radical (unpaired) electrons. The molecule has 0 aliphatic carbocycles. The van der Waals surface area contributed by atoms with Gasteiger partial charge in [-0.05, 0) is 89.9 Å². The van der Waals surface area contributed by atoms with E-state index in [2.05, 4.69) is 130 Å². The third kappa shape index (κ3) is 52.9. The van der Waals surface area contributed by atoms with Gasteiger partial charge in [-0.15, -0.1) is 0 Å². The topological polar surface area (TPSA) is 78.9 Å². The van der Waals surface area contributed by atoms with Crippen LogP contribution >= 0.6 is 0 Å². The van der Waals surface area contributed by atoms with Crippen LogP contribution in [0.4, 0.5) is 0 Å². The van der Waals surface area contributed by atoms with Crippen LogP contribution in [0, 0.1) is 0 Å². The zero-order valence-electron chi connectivity index (χ0n) is 43.4. The Morgan fingerprint density at radius 2 is 0.582 bits per heavy atom. The van der Waals surface area contributed by atoms with Crippen molar-refractivity contribution in [2.24, 2.45) is 0 Å². The highest BCUT2D eigenvalue weighted by molar-refractivity contribution is 5.71. The lowest BCUT2D eigenvalue weighted by Gasteiger charge is -2.18. The van der Waals surface area contributed by atoms with Crippen molar-refractivity contribution in [1.29, 1.82) is 0 Å². The molecule has 0 aliphatic heterocycles. The fourth-order valence-electron chi connectivity index (χ4n) is 7.20. The second-order valence-corrected chi connectivity index (χ2v) is 17.8. The summed E-state index contributed by atoms with van der Waals surface area (Å²) in [6, 6.07) is 0. The molecule has 0 aromatic heterocycles. The van der Waals surface area contributed by atoms with Gasteiger partial charge in [0.15, 0.2) is 6.10 Å². The van der Waals surface area contributed by atoms with E-state index in [1.807, 2.05) is 0 Å². The van der Waals surface area contributed by atoms with Crippen molar-refractivity contribution in [1.82, 2.24) is 0 Å². The largest absolute Gasteiger partial charge is 0.462 e. The van der Waals surface area contributed by atoms with E-state index in [9.17, 15) is 14.4 Å². The Bertz CT molecular complexity index is 1390. The van der Waals surface area contributed by atoms with Gasteiger partial charge in [-0.2, -0.15) is 0 Å². The molecule has 67 heavy (non-hydrogen) atoms. The van der Waals surface area contributed by atoms with Crippen LogP contribution in [0.1, 0.15) is 239 Å². The molecule has 380 valence electrons. The Labute approximate surface area is 412 Å². The molecule has 0 spiro atoms. The van der Waals surface area contributed by atoms with Crippen LogP contribution in [-0.2, 0) is 28.6 Å². The number of carbonyl (C=O) groups is 3. The first-order chi connectivity index (χ1) is 33.0. The molecule has 0 rings (SSSR count). The average molecular weight is 929 g/mol. The van der Waals surface area contributed by atoms with Crippen LogP contribution < -0.4 is 0 Å². The van der Waals surface area contributed by atoms with Gasteiger partial charge in [0.1, 0.15) is 13.2 Å². The minimum absolute atomic E-state index is 0.0826. The summed E-state index contributed by atoms with van der Waals surface area (Å²) in [7, 11) is 0. The molecular formula is C61H100O6. The summed E-state index contributed by atoms with van der Waals surface area (Å²) in [4.78, 5) is 37.7. The molecule has 0 heterocycles. The van der Waals surface area contributed by atoms with E-state index < -0.39 is 6.10 Å². The first-order valence-corrected chi connectivity index (χ1v) is 27.4. The predicted molar refractivity (Wildman–Crippen MR) is 288 cm³/mol. The van der Waals surface area contributed by atoms with Crippen LogP contribution in [0.15, 0.2) is 109 Å². The Kier molecular flexibility index (Phi) is 51.5. The molecule has 0 fully saturated rings. The molecular weight excluding hydrogens is 829 g/mol. The van der Waals surface area contributed by atoms with E-state index in [0.717, 1.165) is 135 Å². The lowest BCUT2D eigenvalue weighted by atomic mass is 10.1. The van der Waals surface area contributed by atoms with Gasteiger partial charge in [-0.25, -0.2) is 0 Å². The highest BCUT2D eigenvalue weighted by atomic mass is 16.6. The predicted octanol–water partition coefficient (Wildman–Crippen LogP) is 18.3. The first-order valence-electron chi connectivity index (χ1n) is 27.4. The van der Waals surface area contributed by atoms with Crippen LogP contribution in [0.5, 0.6) is 0 Å². The quantitative estimate of drug-likeness (QED) is 0.0262. The van der Waals surface area contributed by atoms with Crippen LogP contribution in [0.25, 0.3) is 0 Å². The molecule has 0 N–H and O–H groups in total. The Hall–Kier alpha value is -3.93. The van der Waals surface area contributed by atoms with Crippen LogP contribution in [0.2, 0.25) is 0 Å². The average Bonchev–Trinajstić information content (AvgIpc) is 3.33. The minimum Gasteiger partial charge on any atom is -0.462 e. The molecule has 0 saturated heterocycles. The van der Waals surface area contributed by atoms with E-state index in [1.54, 1.807) is 0 Å². The summed E-state index contributed by atoms with van der Waals surface area (Å²) in [6.45, 7) is 6.43. The van der Waals surface area contributed by atoms with Gasteiger partial charge >= 0.3 is 17.9 Å². The van der Waals surface area contributed by atoms with Crippen molar-refractivity contribution < 1.29 is 28.6 Å². The molecule has 0 aromatic rings. The van der Waals surface area contributed by atoms with Gasteiger partial charge in [-0.1, -0.05) is 239 Å². The maximum absolute atomic E-state index is 12.7. The molecule has 6 nitrogen and oxygen atoms in total. The van der Waals surface area contributed by atoms with Gasteiger partial charge in [0.2, 0.25) is 0 Å². The first kappa shape index (κ1) is 63.1. The standard InChI is InChI=1S/C61H100O6/c1-4-7-10-13-16-19-20-21-22-23-24-25-26-27-28-29-30-31-32-33-34-35-36-37-38-39-40-41-42-43-46-48-51-54-60(63)66-57-58(67-61(64)55-52-49-45-18-15-12-9-6-3)56-65-59(62)53-50-47-44-17-14-11-8-5-2/h7,10,16,19,21-22,24-25,27-28,30-31,33-34,36-37,39-40,58H,4-6,8-9,11-15,17-18,20,23,26,29,32,35,38,41-57H2,1-3H3/b10-7-,19-16-,22-21-,25-24-,28-27-,31-30-,34-33-,37-36-,40-39-. The smallest absolute Gasteiger partial charge is 0.306 e. The van der Waals surface area contributed by atoms with Gasteiger partial charge < -0.3 is 14.2 Å². The third-order valence-electron chi connectivity index (χ3n) is 11.3. The fraction of sp³-hybridized carbons (Fsp3) is 0.656. The molecule has 1 unspecified atom stereocenters. The van der Waals surface area contributed by atoms with Crippen molar-refractivity contribution in [2.75, 3.05) is 13.2 Å². The zero-order chi connectivity index (χ0) is 48.6. The number of unbranched alkanes of at least 4 members (excludes halogenated alkanes) is 19. The molecule has 0 aromatic carbocycles. The molecule has 0 bridgehead atoms. The Morgan fingerprint density at radius 3 is 0.910 bits per heavy atom. The number of hydrogen-bond acceptors (Lipinski definition) is 6. The highest BCUT2D eigenvalue weighted by Crippen LogP contribution is 2.14. The van der Waals surface area contributed by atoms with Crippen molar-refractivity contribution >= 4 is 17.9 Å². The number of rotatable bonds is 48. The van der Waals surface area contributed by atoms with E-state index in [4.69, 9.17) is 14.2 Å². The monoisotopic (exact) mass is 929 g/mol. The van der Waals surface area contributed by atoms with Gasteiger partial charge in [0.05, 0.1) is 0 Å². The summed E-state index contributed by atoms with van der Waals surface area (Å²) in [5, 5.41) is 0. The van der Waals surface area contributed by atoms with Gasteiger partial charge in [-0.3, -0.25) is 14.4 Å². The van der Waals surface area contributed by atoms with E-state index in [0.29, 0.717) is 19.3 Å². The molecule has 6 heteroatoms. The van der Waals surface area contributed by atoms with E-state index in [-0.39, 0.29) is 31.1 Å². The number of allylic oxidation sites excluding steroid dienone is 18. The van der Waals surface area contributed by atoms with Crippen molar-refractivity contribution in [3.63, 3.8) is 0 Å². The van der Waals surface area contributed by atoms with Crippen LogP contribution in [-0.4, -0.2) is 37.2 Å². The second-order valence-electron chi connectivity index (χ2n) is 17.8. The summed E-state index contributed by atoms with van der Waals surface area (Å²) in [5.41, 5.74) is 0. The minimum atomic E-state index is -0.780. The highest BCUT2D eigenvalue weighted by Gasteiger charge is 2.19. The second kappa shape index (κ2) is 54.7. The number of ether oxygens (including phenoxy) is 3. The summed E-state index contributed by atoms with van der Waals surface area (Å²) in [5.74, 6) is -0.916. The van der Waals surface area contributed by atoms with E-state index in [1.165, 1.54) is 64.2 Å². The molecule has 0 aliphatic rings. The Morgan fingerprint density at radius 1 is 0.313 bits per heavy atom. The molecule has 0 saturated carbocycles. The summed E-state index contributed by atoms with van der Waals surface area (Å²) in [6.07, 6.45) is 74.0. The van der Waals surface area contributed by atoms with Gasteiger partial charge in [0.25, 0.3) is 0 Å². The van der Waals surface area contributed by atoms with Crippen molar-refractivity contribution in [3.8, 4) is 0 Å². The van der Waals surface area contributed by atoms with Crippen LogP contribution in [0.3, 0.4) is 0 Å². The fourth-order valence-corrected chi connectivity index (χ4v) is 7.20. The maximum Gasteiger partial charge on any atom is 0.306 e. The maximum atomic E-state index is 12.7. The SMILES string of the molecule is CC/C=C\C/C=C\C/C=C\C/C=C\C/C=C\C/C=C\C/C=C\C/C=C\C/C=C\CCCCCCCC(=O)OCC(COC(=O)CCCCCCCCCC)OC(=O)CCCCCCCCCC. The summed E-state index contributed by atoms with van der Waals surface area (Å²) < 4.78 is 16.7. The molecule has 1 atom stereocenters. The zero-order valence-corrected chi connectivity index (χ0v) is 43.4. The molecule has 0 amide bonds. The lowest BCUT2D eigenvalue weighted by Crippen LogP contribution is -2.30. The third-order valence-corrected chi connectivity index (χ3v) is 11.3. The number of esters is 3. The summed E-state index contributed by atoms with van der Waals surface area (Å²) >= 11 is 0. The number of carbonyl (C=O) groups excluding carboxylic acids is 3. The van der Waals surface area contributed by atoms with Crippen molar-refractivity contribution in [2.45, 2.75) is 245 Å².